The molecule has 0 radical (unpaired) electrons. The molecule has 0 fully saturated rings. The van der Waals surface area contributed by atoms with Gasteiger partial charge in [0.1, 0.15) is 0 Å². The van der Waals surface area contributed by atoms with Gasteiger partial charge in [0.25, 0.3) is 5.91 Å². The van der Waals surface area contributed by atoms with Gasteiger partial charge in [0, 0.05) is 25.4 Å². The minimum Gasteiger partial charge on any atom is -0.503 e. The Bertz CT molecular complexity index is 611. The van der Waals surface area contributed by atoms with Crippen LogP contribution in [0.3, 0.4) is 0 Å². The van der Waals surface area contributed by atoms with Gasteiger partial charge in [-0.3, -0.25) is 14.6 Å². The number of amides is 1. The van der Waals surface area contributed by atoms with Gasteiger partial charge in [-0.2, -0.15) is 0 Å². The quantitative estimate of drug-likeness (QED) is 0.829. The number of aliphatic hydroxyl groups excluding tert-OH is 1. The van der Waals surface area contributed by atoms with E-state index >= 15 is 0 Å². The Morgan fingerprint density at radius 1 is 1.35 bits per heavy atom. The van der Waals surface area contributed by atoms with Gasteiger partial charge in [-0.25, -0.2) is 0 Å². The predicted molar refractivity (Wildman–Crippen MR) is 86.8 cm³/mol. The van der Waals surface area contributed by atoms with Crippen LogP contribution in [-0.2, 0) is 9.59 Å². The van der Waals surface area contributed by atoms with Crippen molar-refractivity contribution in [2.75, 3.05) is 27.2 Å². The molecular weight excluding hydrogens is 294 g/mol. The molecule has 23 heavy (non-hydrogen) atoms. The second-order valence-electron chi connectivity index (χ2n) is 5.88. The second-order valence-corrected chi connectivity index (χ2v) is 5.88. The van der Waals surface area contributed by atoms with Crippen molar-refractivity contribution < 1.29 is 14.7 Å². The van der Waals surface area contributed by atoms with Gasteiger partial charge < -0.3 is 14.9 Å². The Kier molecular flexibility index (Phi) is 5.50. The first-order valence-corrected chi connectivity index (χ1v) is 7.79. The minimum absolute atomic E-state index is 0.201. The van der Waals surface area contributed by atoms with E-state index in [1.165, 1.54) is 0 Å². The fourth-order valence-electron chi connectivity index (χ4n) is 2.81. The Labute approximate surface area is 136 Å². The zero-order valence-corrected chi connectivity index (χ0v) is 13.8. The zero-order valence-electron chi connectivity index (χ0n) is 13.8. The number of carbonyl (C=O) groups is 2. The first kappa shape index (κ1) is 17.1. The van der Waals surface area contributed by atoms with Crippen molar-refractivity contribution in [1.82, 2.24) is 14.8 Å². The molecule has 1 aromatic rings. The van der Waals surface area contributed by atoms with Crippen LogP contribution in [0.4, 0.5) is 0 Å². The summed E-state index contributed by atoms with van der Waals surface area (Å²) < 4.78 is 0. The van der Waals surface area contributed by atoms with E-state index in [0.29, 0.717) is 6.54 Å². The summed E-state index contributed by atoms with van der Waals surface area (Å²) in [7, 11) is 3.93. The predicted octanol–water partition coefficient (Wildman–Crippen LogP) is 1.71. The molecule has 2 heterocycles. The van der Waals surface area contributed by atoms with Gasteiger partial charge in [0.2, 0.25) is 0 Å². The third kappa shape index (κ3) is 3.59. The molecule has 1 aromatic heterocycles. The molecule has 124 valence electrons. The number of carbonyl (C=O) groups excluding carboxylic acids is 2. The number of nitrogens with zero attached hydrogens (tertiary/aromatic N) is 3. The highest BCUT2D eigenvalue weighted by Crippen LogP contribution is 2.37. The van der Waals surface area contributed by atoms with Gasteiger partial charge in [-0.05, 0) is 44.8 Å². The van der Waals surface area contributed by atoms with Crippen molar-refractivity contribution in [3.05, 3.63) is 41.4 Å². The first-order chi connectivity index (χ1) is 11.0. The molecule has 0 saturated heterocycles. The maximum atomic E-state index is 12.4. The van der Waals surface area contributed by atoms with Crippen molar-refractivity contribution in [1.29, 1.82) is 0 Å². The van der Waals surface area contributed by atoms with Crippen molar-refractivity contribution in [3.63, 3.8) is 0 Å². The van der Waals surface area contributed by atoms with E-state index in [4.69, 9.17) is 0 Å². The van der Waals surface area contributed by atoms with E-state index in [1.54, 1.807) is 36.4 Å². The number of pyridine rings is 1. The molecule has 0 spiro atoms. The largest absolute Gasteiger partial charge is 0.503 e. The Morgan fingerprint density at radius 2 is 2.00 bits per heavy atom. The molecule has 6 nitrogen and oxygen atoms in total. The Balaban J connectivity index is 2.34. The second kappa shape index (κ2) is 7.37. The fourth-order valence-corrected chi connectivity index (χ4v) is 2.81. The highest BCUT2D eigenvalue weighted by Gasteiger charge is 2.42. The monoisotopic (exact) mass is 317 g/mol. The van der Waals surface area contributed by atoms with Crippen LogP contribution in [0.5, 0.6) is 0 Å². The number of ketones is 1. The number of aliphatic hydroxyl groups is 1. The lowest BCUT2D eigenvalue weighted by molar-refractivity contribution is -0.129. The highest BCUT2D eigenvalue weighted by molar-refractivity contribution is 6.08. The molecule has 1 atom stereocenters. The van der Waals surface area contributed by atoms with Gasteiger partial charge in [0.15, 0.2) is 11.5 Å². The summed E-state index contributed by atoms with van der Waals surface area (Å²) in [5, 5.41) is 10.2. The minimum atomic E-state index is -0.528. The summed E-state index contributed by atoms with van der Waals surface area (Å²) in [4.78, 5) is 32.3. The Morgan fingerprint density at radius 3 is 2.57 bits per heavy atom. The SMILES string of the molecule is CCC(=O)C1=C(O)C(=O)N(CCCN(C)C)C1c1ccncc1. The van der Waals surface area contributed by atoms with Gasteiger partial charge in [-0.15, -0.1) is 0 Å². The summed E-state index contributed by atoms with van der Waals surface area (Å²) in [5.74, 6) is -1.08. The lowest BCUT2D eigenvalue weighted by Crippen LogP contribution is -2.33. The number of hydrogen-bond acceptors (Lipinski definition) is 5. The summed E-state index contributed by atoms with van der Waals surface area (Å²) >= 11 is 0. The highest BCUT2D eigenvalue weighted by atomic mass is 16.3. The topological polar surface area (TPSA) is 73.7 Å². The number of aromatic nitrogens is 1. The average molecular weight is 317 g/mol. The van der Waals surface area contributed by atoms with Crippen LogP contribution in [0, 0.1) is 0 Å². The molecule has 1 unspecified atom stereocenters. The van der Waals surface area contributed by atoms with E-state index in [1.807, 2.05) is 19.0 Å². The normalized spacial score (nSPS) is 18.2. The summed E-state index contributed by atoms with van der Waals surface area (Å²) in [6.07, 6.45) is 4.27. The lowest BCUT2D eigenvalue weighted by atomic mass is 9.96. The number of rotatable bonds is 7. The smallest absolute Gasteiger partial charge is 0.290 e. The fraction of sp³-hybridized carbons (Fsp3) is 0.471. The maximum Gasteiger partial charge on any atom is 0.290 e. The third-order valence-corrected chi connectivity index (χ3v) is 3.95. The maximum absolute atomic E-state index is 12.4. The molecule has 6 heteroatoms. The molecule has 1 N–H and O–H groups in total. The van der Waals surface area contributed by atoms with Gasteiger partial charge >= 0.3 is 0 Å². The third-order valence-electron chi connectivity index (χ3n) is 3.95. The van der Waals surface area contributed by atoms with Crippen LogP contribution in [0.25, 0.3) is 0 Å². The standard InChI is InChI=1S/C17H23N3O3/c1-4-13(21)14-15(12-6-8-18-9-7-12)20(17(23)16(14)22)11-5-10-19(2)3/h6-9,15,22H,4-5,10-11H2,1-3H3. The number of Topliss-reactive ketones (excluding diaryl/α,β-unsaturated/α-hetero) is 1. The Hall–Kier alpha value is -2.21. The summed E-state index contributed by atoms with van der Waals surface area (Å²) in [6.45, 7) is 3.03. The molecule has 0 aliphatic carbocycles. The summed E-state index contributed by atoms with van der Waals surface area (Å²) in [6, 6.07) is 3.02. The molecule has 0 aromatic carbocycles. The van der Waals surface area contributed by atoms with E-state index in [9.17, 15) is 14.7 Å². The molecule has 1 aliphatic rings. The zero-order chi connectivity index (χ0) is 17.0. The van der Waals surface area contributed by atoms with E-state index in [-0.39, 0.29) is 17.8 Å². The molecule has 2 rings (SSSR count). The average Bonchev–Trinajstić information content (AvgIpc) is 2.79. The number of hydrogen-bond donors (Lipinski definition) is 1. The van der Waals surface area contributed by atoms with Crippen LogP contribution in [-0.4, -0.2) is 58.8 Å². The van der Waals surface area contributed by atoms with Gasteiger partial charge in [0.05, 0.1) is 11.6 Å². The van der Waals surface area contributed by atoms with Crippen molar-refractivity contribution in [3.8, 4) is 0 Å². The molecule has 0 bridgehead atoms. The van der Waals surface area contributed by atoms with Crippen LogP contribution in [0.2, 0.25) is 0 Å². The van der Waals surface area contributed by atoms with E-state index in [2.05, 4.69) is 4.98 Å². The van der Waals surface area contributed by atoms with Crippen LogP contribution in [0.15, 0.2) is 35.9 Å². The van der Waals surface area contributed by atoms with Crippen LogP contribution in [0.1, 0.15) is 31.4 Å². The van der Waals surface area contributed by atoms with Crippen LogP contribution >= 0.6 is 0 Å². The van der Waals surface area contributed by atoms with Gasteiger partial charge in [-0.1, -0.05) is 6.92 Å². The van der Waals surface area contributed by atoms with Crippen molar-refractivity contribution in [2.45, 2.75) is 25.8 Å². The van der Waals surface area contributed by atoms with E-state index < -0.39 is 17.7 Å². The molecule has 1 aliphatic heterocycles. The summed E-state index contributed by atoms with van der Waals surface area (Å²) in [5.41, 5.74) is 0.993. The van der Waals surface area contributed by atoms with Crippen molar-refractivity contribution >= 4 is 11.7 Å². The molecule has 0 saturated carbocycles. The molecular formula is C17H23N3O3. The van der Waals surface area contributed by atoms with Crippen LogP contribution < -0.4 is 0 Å². The van der Waals surface area contributed by atoms with E-state index in [0.717, 1.165) is 18.5 Å². The van der Waals surface area contributed by atoms with Crippen molar-refractivity contribution in [2.24, 2.45) is 0 Å². The first-order valence-electron chi connectivity index (χ1n) is 7.79. The lowest BCUT2D eigenvalue weighted by Gasteiger charge is -2.27. The molecule has 1 amide bonds.